The van der Waals surface area contributed by atoms with Crippen molar-refractivity contribution in [2.75, 3.05) is 12.3 Å². The van der Waals surface area contributed by atoms with Crippen LogP contribution in [0.2, 0.25) is 0 Å². The first kappa shape index (κ1) is 14.6. The fourth-order valence-electron chi connectivity index (χ4n) is 1.78. The molecule has 2 rings (SSSR count). The molecule has 110 valence electrons. The first-order chi connectivity index (χ1) is 10.1. The van der Waals surface area contributed by atoms with E-state index in [0.717, 1.165) is 6.42 Å². The van der Waals surface area contributed by atoms with Crippen LogP contribution in [0.3, 0.4) is 0 Å². The molecule has 2 N–H and O–H groups in total. The Morgan fingerprint density at radius 2 is 1.76 bits per heavy atom. The predicted octanol–water partition coefficient (Wildman–Crippen LogP) is 3.76. The van der Waals surface area contributed by atoms with Crippen LogP contribution < -0.4 is 15.2 Å². The molecule has 6 nitrogen and oxygen atoms in total. The third-order valence-electron chi connectivity index (χ3n) is 2.75. The Bertz CT molecular complexity index is 643. The van der Waals surface area contributed by atoms with Crippen molar-refractivity contribution in [3.8, 4) is 17.2 Å². The quantitative estimate of drug-likeness (QED) is 0.496. The highest BCUT2D eigenvalue weighted by Gasteiger charge is 2.23. The Kier molecular flexibility index (Phi) is 4.61. The van der Waals surface area contributed by atoms with E-state index >= 15 is 0 Å². The minimum Gasteiger partial charge on any atom is -0.487 e. The average Bonchev–Trinajstić information content (AvgIpc) is 2.47. The standard InChI is InChI=1S/C15H16N2O4/c1-2-10-20-13-8-5-9-14(15(13)17(18)19)21-12-7-4-3-6-11(12)16/h3-9H,2,10,16H2,1H3. The largest absolute Gasteiger partial charge is 0.487 e. The van der Waals surface area contributed by atoms with Crippen molar-refractivity contribution in [3.05, 3.63) is 52.6 Å². The second kappa shape index (κ2) is 6.60. The van der Waals surface area contributed by atoms with Gasteiger partial charge in [-0.3, -0.25) is 10.1 Å². The molecule has 0 unspecified atom stereocenters. The fourth-order valence-corrected chi connectivity index (χ4v) is 1.78. The number of nitrogens with zero attached hydrogens (tertiary/aromatic N) is 1. The number of benzene rings is 2. The molecule has 0 heterocycles. The van der Waals surface area contributed by atoms with Gasteiger partial charge in [-0.25, -0.2) is 0 Å². The first-order valence-electron chi connectivity index (χ1n) is 6.56. The zero-order chi connectivity index (χ0) is 15.2. The van der Waals surface area contributed by atoms with Crippen LogP contribution in [0.15, 0.2) is 42.5 Å². The van der Waals surface area contributed by atoms with Gasteiger partial charge < -0.3 is 15.2 Å². The Balaban J connectivity index is 2.39. The lowest BCUT2D eigenvalue weighted by Crippen LogP contribution is -2.01. The minimum atomic E-state index is -0.514. The third-order valence-corrected chi connectivity index (χ3v) is 2.75. The number of nitro benzene ring substituents is 1. The third kappa shape index (κ3) is 3.42. The predicted molar refractivity (Wildman–Crippen MR) is 79.8 cm³/mol. The number of nitro groups is 1. The van der Waals surface area contributed by atoms with E-state index in [1.54, 1.807) is 36.4 Å². The summed E-state index contributed by atoms with van der Waals surface area (Å²) in [7, 11) is 0. The molecule has 0 bridgehead atoms. The number of hydrogen-bond donors (Lipinski definition) is 1. The Morgan fingerprint density at radius 1 is 1.10 bits per heavy atom. The summed E-state index contributed by atoms with van der Waals surface area (Å²) < 4.78 is 11.0. The minimum absolute atomic E-state index is 0.103. The normalized spacial score (nSPS) is 10.1. The topological polar surface area (TPSA) is 87.6 Å². The lowest BCUT2D eigenvalue weighted by Gasteiger charge is -2.11. The lowest BCUT2D eigenvalue weighted by molar-refractivity contribution is -0.386. The SMILES string of the molecule is CCCOc1cccc(Oc2ccccc2N)c1[N+](=O)[O-]. The summed E-state index contributed by atoms with van der Waals surface area (Å²) in [6.07, 6.45) is 0.758. The maximum absolute atomic E-state index is 11.3. The molecule has 0 saturated carbocycles. The molecule has 2 aromatic rings. The monoisotopic (exact) mass is 288 g/mol. The molecule has 0 aliphatic heterocycles. The van der Waals surface area contributed by atoms with Gasteiger partial charge in [0.05, 0.1) is 17.2 Å². The lowest BCUT2D eigenvalue weighted by atomic mass is 10.2. The summed E-state index contributed by atoms with van der Waals surface area (Å²) in [5.74, 6) is 0.661. The molecule has 0 aliphatic rings. The van der Waals surface area contributed by atoms with Gasteiger partial charge in [-0.15, -0.1) is 0 Å². The number of nitrogen functional groups attached to an aromatic ring is 1. The van der Waals surface area contributed by atoms with Gasteiger partial charge in [0.15, 0.2) is 5.75 Å². The molecule has 0 radical (unpaired) electrons. The summed E-state index contributed by atoms with van der Waals surface area (Å²) in [5.41, 5.74) is 6.00. The molecule has 0 aliphatic carbocycles. The van der Waals surface area contributed by atoms with Crippen LogP contribution in [0.4, 0.5) is 11.4 Å². The summed E-state index contributed by atoms with van der Waals surface area (Å²) in [6.45, 7) is 2.33. The van der Waals surface area contributed by atoms with Crippen LogP contribution in [-0.4, -0.2) is 11.5 Å². The second-order valence-corrected chi connectivity index (χ2v) is 4.35. The molecule has 0 amide bonds. The number of rotatable bonds is 6. The van der Waals surface area contributed by atoms with Crippen molar-refractivity contribution in [1.29, 1.82) is 0 Å². The molecule has 21 heavy (non-hydrogen) atoms. The van der Waals surface area contributed by atoms with E-state index in [4.69, 9.17) is 15.2 Å². The molecule has 0 spiro atoms. The fraction of sp³-hybridized carbons (Fsp3) is 0.200. The van der Waals surface area contributed by atoms with Crippen LogP contribution >= 0.6 is 0 Å². The number of anilines is 1. The van der Waals surface area contributed by atoms with Crippen molar-refractivity contribution in [2.45, 2.75) is 13.3 Å². The van der Waals surface area contributed by atoms with Gasteiger partial charge in [-0.1, -0.05) is 25.1 Å². The molecule has 0 atom stereocenters. The van der Waals surface area contributed by atoms with E-state index in [-0.39, 0.29) is 17.2 Å². The van der Waals surface area contributed by atoms with Crippen LogP contribution in [0.5, 0.6) is 17.2 Å². The molecule has 0 aromatic heterocycles. The first-order valence-corrected chi connectivity index (χ1v) is 6.56. The number of para-hydroxylation sites is 3. The molecular formula is C15H16N2O4. The zero-order valence-electron chi connectivity index (χ0n) is 11.6. The van der Waals surface area contributed by atoms with Gasteiger partial charge in [-0.2, -0.15) is 0 Å². The summed E-state index contributed by atoms with van der Waals surface area (Å²) in [6, 6.07) is 11.5. The second-order valence-electron chi connectivity index (χ2n) is 4.35. The van der Waals surface area contributed by atoms with Gasteiger partial charge >= 0.3 is 5.69 Å². The van der Waals surface area contributed by atoms with Gasteiger partial charge in [0, 0.05) is 0 Å². The van der Waals surface area contributed by atoms with Crippen molar-refractivity contribution < 1.29 is 14.4 Å². The zero-order valence-corrected chi connectivity index (χ0v) is 11.6. The molecule has 6 heteroatoms. The highest BCUT2D eigenvalue weighted by molar-refractivity contribution is 5.61. The van der Waals surface area contributed by atoms with E-state index in [0.29, 0.717) is 18.0 Å². The highest BCUT2D eigenvalue weighted by atomic mass is 16.6. The maximum atomic E-state index is 11.3. The number of nitrogens with two attached hydrogens (primary N) is 1. The van der Waals surface area contributed by atoms with E-state index in [2.05, 4.69) is 0 Å². The Hall–Kier alpha value is -2.76. The Labute approximate surface area is 122 Å². The van der Waals surface area contributed by atoms with Crippen molar-refractivity contribution >= 4 is 11.4 Å². The summed E-state index contributed by atoms with van der Waals surface area (Å²) in [4.78, 5) is 10.8. The van der Waals surface area contributed by atoms with Gasteiger partial charge in [-0.05, 0) is 30.7 Å². The van der Waals surface area contributed by atoms with Crippen LogP contribution in [0.25, 0.3) is 0 Å². The van der Waals surface area contributed by atoms with E-state index in [9.17, 15) is 10.1 Å². The molecule has 2 aromatic carbocycles. The molecule has 0 saturated heterocycles. The van der Waals surface area contributed by atoms with Crippen LogP contribution in [0, 0.1) is 10.1 Å². The Morgan fingerprint density at radius 3 is 2.43 bits per heavy atom. The van der Waals surface area contributed by atoms with Gasteiger partial charge in [0.1, 0.15) is 0 Å². The van der Waals surface area contributed by atoms with Crippen molar-refractivity contribution in [3.63, 3.8) is 0 Å². The van der Waals surface area contributed by atoms with Gasteiger partial charge in [0.2, 0.25) is 11.5 Å². The van der Waals surface area contributed by atoms with Crippen molar-refractivity contribution in [1.82, 2.24) is 0 Å². The van der Waals surface area contributed by atoms with E-state index < -0.39 is 4.92 Å². The summed E-state index contributed by atoms with van der Waals surface area (Å²) >= 11 is 0. The average molecular weight is 288 g/mol. The molecule has 0 fully saturated rings. The van der Waals surface area contributed by atoms with E-state index in [1.807, 2.05) is 6.92 Å². The van der Waals surface area contributed by atoms with Crippen LogP contribution in [-0.2, 0) is 0 Å². The molecular weight excluding hydrogens is 272 g/mol. The highest BCUT2D eigenvalue weighted by Crippen LogP contribution is 2.40. The van der Waals surface area contributed by atoms with E-state index in [1.165, 1.54) is 6.07 Å². The van der Waals surface area contributed by atoms with Crippen LogP contribution in [0.1, 0.15) is 13.3 Å². The van der Waals surface area contributed by atoms with Gasteiger partial charge in [0.25, 0.3) is 0 Å². The van der Waals surface area contributed by atoms with Crippen molar-refractivity contribution in [2.24, 2.45) is 0 Å². The summed E-state index contributed by atoms with van der Waals surface area (Å²) in [5, 5.41) is 11.3. The number of ether oxygens (including phenoxy) is 2. The smallest absolute Gasteiger partial charge is 0.352 e. The maximum Gasteiger partial charge on any atom is 0.352 e. The number of hydrogen-bond acceptors (Lipinski definition) is 5.